The van der Waals surface area contributed by atoms with Gasteiger partial charge in [0.15, 0.2) is 0 Å². The lowest BCUT2D eigenvalue weighted by Gasteiger charge is -2.27. The van der Waals surface area contributed by atoms with Crippen molar-refractivity contribution in [2.75, 3.05) is 17.6 Å². The van der Waals surface area contributed by atoms with Crippen LogP contribution in [0.15, 0.2) is 42.5 Å². The number of thioether (sulfide) groups is 1. The molecule has 1 atom stereocenters. The molecule has 0 spiro atoms. The van der Waals surface area contributed by atoms with Crippen LogP contribution in [0.4, 0.5) is 10.5 Å². The fourth-order valence-corrected chi connectivity index (χ4v) is 5.23. The maximum atomic E-state index is 13.4. The van der Waals surface area contributed by atoms with Crippen LogP contribution >= 0.6 is 11.8 Å². The number of nitrogens with zero attached hydrogens (tertiary/aromatic N) is 1. The van der Waals surface area contributed by atoms with Gasteiger partial charge in [-0.2, -0.15) is 0 Å². The van der Waals surface area contributed by atoms with E-state index in [9.17, 15) is 4.79 Å². The molecule has 1 fully saturated rings. The Morgan fingerprint density at radius 1 is 1.00 bits per heavy atom. The first-order chi connectivity index (χ1) is 14.1. The number of carbonyl (C=O) groups excluding carboxylic acids is 1. The molecule has 1 N–H and O–H groups in total. The van der Waals surface area contributed by atoms with Crippen molar-refractivity contribution in [3.05, 3.63) is 64.7 Å². The van der Waals surface area contributed by atoms with Crippen molar-refractivity contribution < 1.29 is 4.79 Å². The van der Waals surface area contributed by atoms with Crippen LogP contribution in [0.5, 0.6) is 0 Å². The molecule has 0 aliphatic carbocycles. The highest BCUT2D eigenvalue weighted by Crippen LogP contribution is 2.40. The van der Waals surface area contributed by atoms with Crippen molar-refractivity contribution in [1.82, 2.24) is 4.90 Å². The van der Waals surface area contributed by atoms with Gasteiger partial charge in [0.05, 0.1) is 0 Å². The summed E-state index contributed by atoms with van der Waals surface area (Å²) in [6.07, 6.45) is 0. The van der Waals surface area contributed by atoms with Crippen molar-refractivity contribution in [1.29, 1.82) is 0 Å². The molecule has 3 nitrogen and oxygen atoms in total. The van der Waals surface area contributed by atoms with Crippen LogP contribution in [0.3, 0.4) is 0 Å². The lowest BCUT2D eigenvalue weighted by molar-refractivity contribution is 0.214. The number of hydrogen-bond donors (Lipinski definition) is 1. The Labute approximate surface area is 186 Å². The van der Waals surface area contributed by atoms with Gasteiger partial charge in [-0.05, 0) is 39.5 Å². The van der Waals surface area contributed by atoms with Crippen LogP contribution in [0, 0.1) is 0 Å². The molecule has 1 saturated heterocycles. The quantitative estimate of drug-likeness (QED) is 0.551. The van der Waals surface area contributed by atoms with E-state index < -0.39 is 0 Å². The largest absolute Gasteiger partial charge is 0.323 e. The number of urea groups is 1. The van der Waals surface area contributed by atoms with Gasteiger partial charge in [-0.25, -0.2) is 4.79 Å². The second-order valence-corrected chi connectivity index (χ2v) is 11.0. The first kappa shape index (κ1) is 22.7. The van der Waals surface area contributed by atoms with E-state index >= 15 is 0 Å². The smallest absolute Gasteiger partial charge is 0.308 e. The van der Waals surface area contributed by atoms with Crippen LogP contribution in [0.1, 0.15) is 87.9 Å². The summed E-state index contributed by atoms with van der Waals surface area (Å²) in [6.45, 7) is 16.2. The number of anilines is 1. The molecule has 2 amide bonds. The van der Waals surface area contributed by atoms with E-state index in [-0.39, 0.29) is 16.8 Å². The molecule has 1 heterocycles. The van der Waals surface area contributed by atoms with Crippen molar-refractivity contribution in [2.24, 2.45) is 0 Å². The third-order valence-corrected chi connectivity index (χ3v) is 7.08. The molecule has 162 valence electrons. The minimum absolute atomic E-state index is 0.0000945. The fourth-order valence-electron chi connectivity index (χ4n) is 3.98. The van der Waals surface area contributed by atoms with Crippen molar-refractivity contribution in [3.63, 3.8) is 0 Å². The third kappa shape index (κ3) is 4.85. The van der Waals surface area contributed by atoms with Crippen LogP contribution in [0.2, 0.25) is 0 Å². The van der Waals surface area contributed by atoms with Gasteiger partial charge in [0.1, 0.15) is 5.37 Å². The lowest BCUT2D eigenvalue weighted by atomic mass is 9.87. The second-order valence-electron chi connectivity index (χ2n) is 9.84. The standard InChI is InChI=1S/C26H36N2OS/c1-17(2)21-9-8-10-22(18(3)4)23(21)27-25(29)28-15-16-30-24(28)19-11-13-20(14-12-19)26(5,6)7/h8-14,17-18,24H,15-16H2,1-7H3,(H,27,29)/t24-/m0/s1. The van der Waals surface area contributed by atoms with Crippen molar-refractivity contribution in [3.8, 4) is 0 Å². The minimum atomic E-state index is -0.0000945. The molecule has 3 rings (SSSR count). The summed E-state index contributed by atoms with van der Waals surface area (Å²) < 4.78 is 0. The molecule has 0 radical (unpaired) electrons. The van der Waals surface area contributed by atoms with Crippen molar-refractivity contribution in [2.45, 2.75) is 71.1 Å². The average molecular weight is 425 g/mol. The number of hydrogen-bond acceptors (Lipinski definition) is 2. The van der Waals surface area contributed by atoms with Gasteiger partial charge in [-0.15, -0.1) is 11.8 Å². The van der Waals surface area contributed by atoms with E-state index in [0.717, 1.165) is 18.0 Å². The molecule has 30 heavy (non-hydrogen) atoms. The third-order valence-electron chi connectivity index (χ3n) is 5.82. The van der Waals surface area contributed by atoms with E-state index in [1.165, 1.54) is 22.3 Å². The molecule has 2 aromatic carbocycles. The van der Waals surface area contributed by atoms with E-state index in [1.807, 2.05) is 16.7 Å². The van der Waals surface area contributed by atoms with E-state index in [0.29, 0.717) is 11.8 Å². The number of rotatable bonds is 4. The van der Waals surface area contributed by atoms with Crippen LogP contribution in [-0.4, -0.2) is 23.2 Å². The molecule has 1 aliphatic rings. The first-order valence-electron chi connectivity index (χ1n) is 11.0. The van der Waals surface area contributed by atoms with Gasteiger partial charge in [-0.3, -0.25) is 0 Å². The Hall–Kier alpha value is -1.94. The monoisotopic (exact) mass is 424 g/mol. The predicted octanol–water partition coefficient (Wildman–Crippen LogP) is 7.51. The molecular weight excluding hydrogens is 388 g/mol. The highest BCUT2D eigenvalue weighted by Gasteiger charge is 2.32. The second kappa shape index (κ2) is 9.05. The molecule has 0 aromatic heterocycles. The summed E-state index contributed by atoms with van der Waals surface area (Å²) >= 11 is 1.84. The zero-order valence-electron chi connectivity index (χ0n) is 19.5. The normalized spacial score (nSPS) is 17.1. The fraction of sp³-hybridized carbons (Fsp3) is 0.500. The van der Waals surface area contributed by atoms with Gasteiger partial charge in [-0.1, -0.05) is 90.9 Å². The number of benzene rings is 2. The summed E-state index contributed by atoms with van der Waals surface area (Å²) in [5, 5.41) is 3.36. The lowest BCUT2D eigenvalue weighted by Crippen LogP contribution is -2.35. The summed E-state index contributed by atoms with van der Waals surface area (Å²) in [5.41, 5.74) is 6.04. The zero-order valence-corrected chi connectivity index (χ0v) is 20.3. The van der Waals surface area contributed by atoms with Crippen LogP contribution < -0.4 is 5.32 Å². The van der Waals surface area contributed by atoms with E-state index in [4.69, 9.17) is 0 Å². The highest BCUT2D eigenvalue weighted by molar-refractivity contribution is 7.99. The van der Waals surface area contributed by atoms with Crippen molar-refractivity contribution >= 4 is 23.5 Å². The highest BCUT2D eigenvalue weighted by atomic mass is 32.2. The summed E-state index contributed by atoms with van der Waals surface area (Å²) in [4.78, 5) is 15.4. The van der Waals surface area contributed by atoms with Gasteiger partial charge in [0.25, 0.3) is 0 Å². The topological polar surface area (TPSA) is 32.3 Å². The zero-order chi connectivity index (χ0) is 22.1. The van der Waals surface area contributed by atoms with Gasteiger partial charge >= 0.3 is 6.03 Å². The predicted molar refractivity (Wildman–Crippen MR) is 131 cm³/mol. The number of carbonyl (C=O) groups is 1. The first-order valence-corrected chi connectivity index (χ1v) is 12.1. The molecular formula is C26H36N2OS. The maximum Gasteiger partial charge on any atom is 0.323 e. The summed E-state index contributed by atoms with van der Waals surface area (Å²) in [7, 11) is 0. The number of para-hydroxylation sites is 1. The molecule has 0 saturated carbocycles. The minimum Gasteiger partial charge on any atom is -0.308 e. The SMILES string of the molecule is CC(C)c1cccc(C(C)C)c1NC(=O)N1CCS[C@H]1c1ccc(C(C)(C)C)cc1. The van der Waals surface area contributed by atoms with Gasteiger partial charge < -0.3 is 10.2 Å². The molecule has 0 unspecified atom stereocenters. The number of amides is 2. The molecule has 1 aliphatic heterocycles. The Morgan fingerprint density at radius 2 is 1.57 bits per heavy atom. The maximum absolute atomic E-state index is 13.4. The molecule has 2 aromatic rings. The Kier molecular flexibility index (Phi) is 6.86. The Balaban J connectivity index is 1.85. The Morgan fingerprint density at radius 3 is 2.07 bits per heavy atom. The molecule has 4 heteroatoms. The van der Waals surface area contributed by atoms with E-state index in [1.54, 1.807) is 0 Å². The summed E-state index contributed by atoms with van der Waals surface area (Å²) in [5.74, 6) is 1.67. The van der Waals surface area contributed by atoms with Gasteiger partial charge in [0.2, 0.25) is 0 Å². The Bertz CT molecular complexity index is 855. The van der Waals surface area contributed by atoms with Gasteiger partial charge in [0, 0.05) is 18.0 Å². The average Bonchev–Trinajstić information content (AvgIpc) is 3.17. The van der Waals surface area contributed by atoms with Crippen LogP contribution in [-0.2, 0) is 5.41 Å². The summed E-state index contributed by atoms with van der Waals surface area (Å²) in [6, 6.07) is 15.1. The number of nitrogens with one attached hydrogen (secondary N) is 1. The van der Waals surface area contributed by atoms with E-state index in [2.05, 4.69) is 96.2 Å². The molecule has 0 bridgehead atoms. The van der Waals surface area contributed by atoms with Crippen LogP contribution in [0.25, 0.3) is 0 Å².